The van der Waals surface area contributed by atoms with Gasteiger partial charge in [-0.2, -0.15) is 0 Å². The maximum Gasteiger partial charge on any atom is 0.255 e. The van der Waals surface area contributed by atoms with Gasteiger partial charge in [0.2, 0.25) is 5.91 Å². The molecule has 2 aromatic carbocycles. The van der Waals surface area contributed by atoms with E-state index < -0.39 is 5.41 Å². The van der Waals surface area contributed by atoms with E-state index in [9.17, 15) is 9.59 Å². The van der Waals surface area contributed by atoms with Crippen LogP contribution in [-0.4, -0.2) is 59.5 Å². The molecule has 1 saturated heterocycles. The van der Waals surface area contributed by atoms with E-state index >= 15 is 0 Å². The molecule has 6 nitrogen and oxygen atoms in total. The van der Waals surface area contributed by atoms with E-state index in [-0.39, 0.29) is 11.8 Å². The number of nitrogens with zero attached hydrogens (tertiary/aromatic N) is 3. The maximum absolute atomic E-state index is 13.6. The van der Waals surface area contributed by atoms with Crippen LogP contribution in [0.2, 0.25) is 5.02 Å². The minimum atomic E-state index is -0.425. The fraction of sp³-hybridized carbons (Fsp3) is 0.357. The number of carbonyl (C=O) groups is 2. The van der Waals surface area contributed by atoms with Crippen molar-refractivity contribution < 1.29 is 14.3 Å². The Balaban J connectivity index is 1.67. The SMILES string of the molecule is COc1ccc(-n2c(-c3ccc(Cl)cc3)cc(C(=O)N3CCN(C(=O)C(C)(C)C)CC3)c2C)cc1. The fourth-order valence-corrected chi connectivity index (χ4v) is 4.60. The smallest absolute Gasteiger partial charge is 0.255 e. The first-order valence-corrected chi connectivity index (χ1v) is 12.2. The highest BCUT2D eigenvalue weighted by atomic mass is 35.5. The number of ether oxygens (including phenoxy) is 1. The normalized spacial score (nSPS) is 14.2. The predicted octanol–water partition coefficient (Wildman–Crippen LogP) is 5.45. The topological polar surface area (TPSA) is 54.8 Å². The Morgan fingerprint density at radius 1 is 0.886 bits per heavy atom. The van der Waals surface area contributed by atoms with Gasteiger partial charge in [0, 0.05) is 48.0 Å². The largest absolute Gasteiger partial charge is 0.497 e. The van der Waals surface area contributed by atoms with Gasteiger partial charge in [-0.05, 0) is 55.0 Å². The van der Waals surface area contributed by atoms with Crippen molar-refractivity contribution in [1.29, 1.82) is 0 Å². The quantitative estimate of drug-likeness (QED) is 0.486. The molecular formula is C28H32ClN3O3. The summed E-state index contributed by atoms with van der Waals surface area (Å²) in [4.78, 5) is 30.0. The first-order valence-electron chi connectivity index (χ1n) is 11.8. The summed E-state index contributed by atoms with van der Waals surface area (Å²) in [7, 11) is 1.64. The number of aromatic nitrogens is 1. The molecule has 0 unspecified atom stereocenters. The highest BCUT2D eigenvalue weighted by Crippen LogP contribution is 2.32. The molecular weight excluding hydrogens is 462 g/mol. The Bertz CT molecular complexity index is 1220. The van der Waals surface area contributed by atoms with Crippen LogP contribution in [0.5, 0.6) is 5.75 Å². The first kappa shape index (κ1) is 24.9. The van der Waals surface area contributed by atoms with Crippen LogP contribution in [0.4, 0.5) is 0 Å². The van der Waals surface area contributed by atoms with Crippen LogP contribution < -0.4 is 4.74 Å². The standard InChI is InChI=1S/C28H32ClN3O3/c1-19-24(26(33)30-14-16-31(17-15-30)27(34)28(2,3)4)18-25(20-6-8-21(29)9-7-20)32(19)22-10-12-23(35-5)13-11-22/h6-13,18H,14-17H2,1-5H3. The molecule has 0 bridgehead atoms. The molecule has 0 N–H and O–H groups in total. The average molecular weight is 494 g/mol. The zero-order chi connectivity index (χ0) is 25.3. The van der Waals surface area contributed by atoms with Crippen molar-refractivity contribution in [2.45, 2.75) is 27.7 Å². The van der Waals surface area contributed by atoms with E-state index in [2.05, 4.69) is 4.57 Å². The highest BCUT2D eigenvalue weighted by Gasteiger charge is 2.32. The molecule has 0 radical (unpaired) electrons. The number of methoxy groups -OCH3 is 1. The van der Waals surface area contributed by atoms with Gasteiger partial charge in [-0.25, -0.2) is 0 Å². The number of amides is 2. The average Bonchev–Trinajstić information content (AvgIpc) is 3.20. The highest BCUT2D eigenvalue weighted by molar-refractivity contribution is 6.30. The molecule has 184 valence electrons. The van der Waals surface area contributed by atoms with Crippen LogP contribution in [-0.2, 0) is 4.79 Å². The van der Waals surface area contributed by atoms with Crippen LogP contribution in [0, 0.1) is 12.3 Å². The van der Waals surface area contributed by atoms with Gasteiger partial charge < -0.3 is 19.1 Å². The Hall–Kier alpha value is -3.25. The molecule has 1 fully saturated rings. The van der Waals surface area contributed by atoms with Crippen molar-refractivity contribution in [2.24, 2.45) is 5.41 Å². The molecule has 3 aromatic rings. The van der Waals surface area contributed by atoms with Gasteiger partial charge in [0.1, 0.15) is 5.75 Å². The molecule has 35 heavy (non-hydrogen) atoms. The molecule has 0 saturated carbocycles. The van der Waals surface area contributed by atoms with Gasteiger partial charge in [0.05, 0.1) is 18.4 Å². The van der Waals surface area contributed by atoms with E-state index in [1.165, 1.54) is 0 Å². The zero-order valence-corrected chi connectivity index (χ0v) is 21.7. The fourth-order valence-electron chi connectivity index (χ4n) is 4.48. The summed E-state index contributed by atoms with van der Waals surface area (Å²) in [6.45, 7) is 9.88. The van der Waals surface area contributed by atoms with Crippen molar-refractivity contribution in [3.63, 3.8) is 0 Å². The number of halogens is 1. The second-order valence-corrected chi connectivity index (χ2v) is 10.3. The molecule has 0 atom stereocenters. The van der Waals surface area contributed by atoms with Crippen LogP contribution in [0.15, 0.2) is 54.6 Å². The second-order valence-electron chi connectivity index (χ2n) is 9.90. The summed E-state index contributed by atoms with van der Waals surface area (Å²) in [5.74, 6) is 0.870. The Kier molecular flexibility index (Phi) is 6.95. The Morgan fingerprint density at radius 2 is 1.46 bits per heavy atom. The molecule has 2 amide bonds. The minimum Gasteiger partial charge on any atom is -0.497 e. The molecule has 1 aliphatic heterocycles. The molecule has 7 heteroatoms. The van der Waals surface area contributed by atoms with Gasteiger partial charge in [0.15, 0.2) is 0 Å². The van der Waals surface area contributed by atoms with Gasteiger partial charge in [-0.1, -0.05) is 44.5 Å². The number of benzene rings is 2. The maximum atomic E-state index is 13.6. The van der Waals surface area contributed by atoms with Crippen LogP contribution in [0.1, 0.15) is 36.8 Å². The number of rotatable bonds is 4. The lowest BCUT2D eigenvalue weighted by Crippen LogP contribution is -2.53. The number of carbonyl (C=O) groups excluding carboxylic acids is 2. The van der Waals surface area contributed by atoms with Gasteiger partial charge >= 0.3 is 0 Å². The molecule has 1 aromatic heterocycles. The van der Waals surface area contributed by atoms with Crippen molar-refractivity contribution in [2.75, 3.05) is 33.3 Å². The molecule has 1 aliphatic rings. The monoisotopic (exact) mass is 493 g/mol. The first-order chi connectivity index (χ1) is 16.6. The number of hydrogen-bond donors (Lipinski definition) is 0. The molecule has 4 rings (SSSR count). The summed E-state index contributed by atoms with van der Waals surface area (Å²) in [5.41, 5.74) is 3.90. The summed E-state index contributed by atoms with van der Waals surface area (Å²) in [6, 6.07) is 17.4. The van der Waals surface area contributed by atoms with Crippen molar-refractivity contribution in [3.05, 3.63) is 70.9 Å². The third-order valence-corrected chi connectivity index (χ3v) is 6.70. The van der Waals surface area contributed by atoms with E-state index in [4.69, 9.17) is 16.3 Å². The van der Waals surface area contributed by atoms with E-state index in [0.29, 0.717) is 36.8 Å². The summed E-state index contributed by atoms with van der Waals surface area (Å²) in [6.07, 6.45) is 0. The lowest BCUT2D eigenvalue weighted by molar-refractivity contribution is -0.140. The van der Waals surface area contributed by atoms with Crippen LogP contribution in [0.3, 0.4) is 0 Å². The summed E-state index contributed by atoms with van der Waals surface area (Å²) >= 11 is 6.13. The van der Waals surface area contributed by atoms with Gasteiger partial charge in [-0.3, -0.25) is 9.59 Å². The van der Waals surface area contributed by atoms with E-state index in [1.807, 2.05) is 92.1 Å². The molecule has 0 spiro atoms. The molecule has 2 heterocycles. The lowest BCUT2D eigenvalue weighted by Gasteiger charge is -2.37. The Morgan fingerprint density at radius 3 is 2.00 bits per heavy atom. The third-order valence-electron chi connectivity index (χ3n) is 6.44. The second kappa shape index (κ2) is 9.78. The zero-order valence-electron chi connectivity index (χ0n) is 21.0. The summed E-state index contributed by atoms with van der Waals surface area (Å²) in [5, 5.41) is 0.659. The van der Waals surface area contributed by atoms with Crippen LogP contribution in [0.25, 0.3) is 16.9 Å². The number of hydrogen-bond acceptors (Lipinski definition) is 3. The Labute approximate surface area is 212 Å². The lowest BCUT2D eigenvalue weighted by atomic mass is 9.94. The van der Waals surface area contributed by atoms with Crippen molar-refractivity contribution >= 4 is 23.4 Å². The van der Waals surface area contributed by atoms with Gasteiger partial charge in [-0.15, -0.1) is 0 Å². The molecule has 0 aliphatic carbocycles. The van der Waals surface area contributed by atoms with Crippen molar-refractivity contribution in [1.82, 2.24) is 14.4 Å². The number of piperazine rings is 1. The van der Waals surface area contributed by atoms with E-state index in [1.54, 1.807) is 7.11 Å². The van der Waals surface area contributed by atoms with Crippen LogP contribution >= 0.6 is 11.6 Å². The van der Waals surface area contributed by atoms with Gasteiger partial charge in [0.25, 0.3) is 5.91 Å². The third kappa shape index (κ3) is 5.08. The summed E-state index contributed by atoms with van der Waals surface area (Å²) < 4.78 is 7.41. The minimum absolute atomic E-state index is 0.0205. The predicted molar refractivity (Wildman–Crippen MR) is 139 cm³/mol. The van der Waals surface area contributed by atoms with Crippen molar-refractivity contribution in [3.8, 4) is 22.7 Å². The van der Waals surface area contributed by atoms with E-state index in [0.717, 1.165) is 28.4 Å².